The van der Waals surface area contributed by atoms with Crippen LogP contribution in [0.1, 0.15) is 20.8 Å². The Balaban J connectivity index is 4.05. The number of nitrogens with one attached hydrogen (secondary N) is 1. The van der Waals surface area contributed by atoms with E-state index in [-0.39, 0.29) is 23.0 Å². The summed E-state index contributed by atoms with van der Waals surface area (Å²) >= 11 is 1.47. The monoisotopic (exact) mass is 249 g/mol. The third kappa shape index (κ3) is 7.53. The van der Waals surface area contributed by atoms with Crippen molar-refractivity contribution in [1.29, 1.82) is 0 Å². The van der Waals surface area contributed by atoms with E-state index in [1.165, 1.54) is 18.9 Å². The average molecular weight is 249 g/mol. The summed E-state index contributed by atoms with van der Waals surface area (Å²) in [5.41, 5.74) is 0. The smallest absolute Gasteiger partial charge is 0.328 e. The molecule has 5 nitrogen and oxygen atoms in total. The first-order valence-corrected chi connectivity index (χ1v) is 5.90. The fraction of sp³-hybridized carbons (Fsp3) is 0.800. The number of carbonyl (C=O) groups is 2. The van der Waals surface area contributed by atoms with Crippen LogP contribution in [0.15, 0.2) is 0 Å². The number of ether oxygens (including phenoxy) is 1. The van der Waals surface area contributed by atoms with Gasteiger partial charge < -0.3 is 15.2 Å². The number of thioether (sulfide) groups is 1. The highest BCUT2D eigenvalue weighted by Gasteiger charge is 2.21. The molecule has 1 unspecified atom stereocenters. The van der Waals surface area contributed by atoms with E-state index < -0.39 is 12.0 Å². The van der Waals surface area contributed by atoms with Gasteiger partial charge in [0.1, 0.15) is 0 Å². The predicted octanol–water partition coefficient (Wildman–Crippen LogP) is 0.734. The van der Waals surface area contributed by atoms with E-state index >= 15 is 0 Å². The number of aliphatic carboxylic acids is 1. The molecule has 0 aliphatic carbocycles. The second-order valence-electron chi connectivity index (χ2n) is 4.31. The number of carbonyl (C=O) groups excluding carboxylic acids is 1. The van der Waals surface area contributed by atoms with Crippen LogP contribution >= 0.6 is 11.8 Å². The van der Waals surface area contributed by atoms with Crippen LogP contribution in [-0.2, 0) is 14.3 Å². The number of carboxylic acids is 1. The van der Waals surface area contributed by atoms with Crippen LogP contribution in [-0.4, -0.2) is 47.2 Å². The van der Waals surface area contributed by atoms with E-state index in [0.29, 0.717) is 0 Å². The zero-order chi connectivity index (χ0) is 12.8. The molecule has 1 amide bonds. The van der Waals surface area contributed by atoms with E-state index in [1.807, 2.05) is 20.8 Å². The Hall–Kier alpha value is -0.750. The van der Waals surface area contributed by atoms with Crippen molar-refractivity contribution >= 4 is 23.6 Å². The zero-order valence-electron chi connectivity index (χ0n) is 10.1. The second kappa shape index (κ2) is 6.75. The summed E-state index contributed by atoms with van der Waals surface area (Å²) < 4.78 is 4.69. The van der Waals surface area contributed by atoms with E-state index in [2.05, 4.69) is 5.32 Å². The van der Waals surface area contributed by atoms with Gasteiger partial charge in [0.2, 0.25) is 5.91 Å². The first kappa shape index (κ1) is 15.2. The van der Waals surface area contributed by atoms with E-state index in [9.17, 15) is 9.59 Å². The van der Waals surface area contributed by atoms with Crippen molar-refractivity contribution in [3.05, 3.63) is 0 Å². The molecular weight excluding hydrogens is 230 g/mol. The molecule has 0 rings (SSSR count). The van der Waals surface area contributed by atoms with Crippen LogP contribution in [0.3, 0.4) is 0 Å². The molecular formula is C10H19NO4S. The minimum Gasteiger partial charge on any atom is -0.480 e. The molecule has 0 heterocycles. The van der Waals surface area contributed by atoms with Crippen molar-refractivity contribution in [3.8, 4) is 0 Å². The molecule has 0 aliphatic heterocycles. The molecule has 0 saturated heterocycles. The topological polar surface area (TPSA) is 75.6 Å². The average Bonchev–Trinajstić information content (AvgIpc) is 2.13. The molecule has 16 heavy (non-hydrogen) atoms. The van der Waals surface area contributed by atoms with Gasteiger partial charge in [0, 0.05) is 11.9 Å². The van der Waals surface area contributed by atoms with Crippen molar-refractivity contribution in [2.75, 3.05) is 19.5 Å². The summed E-state index contributed by atoms with van der Waals surface area (Å²) in [7, 11) is 1.39. The number of hydrogen-bond acceptors (Lipinski definition) is 4. The van der Waals surface area contributed by atoms with E-state index in [0.717, 1.165) is 0 Å². The van der Waals surface area contributed by atoms with Gasteiger partial charge in [-0.3, -0.25) is 4.79 Å². The van der Waals surface area contributed by atoms with Gasteiger partial charge in [-0.15, -0.1) is 11.8 Å². The van der Waals surface area contributed by atoms with Crippen molar-refractivity contribution in [2.24, 2.45) is 0 Å². The summed E-state index contributed by atoms with van der Waals surface area (Å²) in [4.78, 5) is 22.2. The van der Waals surface area contributed by atoms with Gasteiger partial charge in [-0.25, -0.2) is 4.79 Å². The van der Waals surface area contributed by atoms with Crippen molar-refractivity contribution in [3.63, 3.8) is 0 Å². The van der Waals surface area contributed by atoms with Crippen molar-refractivity contribution in [2.45, 2.75) is 31.6 Å². The standard InChI is InChI=1S/C10H19NO4S/c1-10(2,3)16-6-8(12)11-7(5-15-4)9(13)14/h7H,5-6H2,1-4H3,(H,11,12)(H,13,14). The normalized spacial score (nSPS) is 13.2. The van der Waals surface area contributed by atoms with Crippen molar-refractivity contribution < 1.29 is 19.4 Å². The lowest BCUT2D eigenvalue weighted by atomic mass is 10.3. The van der Waals surface area contributed by atoms with Crippen LogP contribution < -0.4 is 5.32 Å². The van der Waals surface area contributed by atoms with Crippen LogP contribution in [0.25, 0.3) is 0 Å². The molecule has 94 valence electrons. The summed E-state index contributed by atoms with van der Waals surface area (Å²) in [6, 6.07) is -0.974. The Kier molecular flexibility index (Phi) is 6.43. The van der Waals surface area contributed by atoms with Gasteiger partial charge in [-0.1, -0.05) is 20.8 Å². The highest BCUT2D eigenvalue weighted by molar-refractivity contribution is 8.01. The van der Waals surface area contributed by atoms with E-state index in [4.69, 9.17) is 9.84 Å². The molecule has 1 atom stereocenters. The van der Waals surface area contributed by atoms with Gasteiger partial charge in [0.25, 0.3) is 0 Å². The SMILES string of the molecule is COCC(NC(=O)CSC(C)(C)C)C(=O)O. The number of methoxy groups -OCH3 is 1. The Morgan fingerprint density at radius 3 is 2.38 bits per heavy atom. The van der Waals surface area contributed by atoms with Gasteiger partial charge >= 0.3 is 5.97 Å². The number of amides is 1. The molecule has 0 aromatic heterocycles. The molecule has 0 fully saturated rings. The number of carboxylic acid groups (broad SMARTS) is 1. The third-order valence-corrected chi connectivity index (χ3v) is 2.88. The molecule has 0 aromatic rings. The fourth-order valence-electron chi connectivity index (χ4n) is 0.859. The third-order valence-electron chi connectivity index (χ3n) is 1.60. The molecule has 0 aromatic carbocycles. The minimum absolute atomic E-state index is 0.0166. The quantitative estimate of drug-likeness (QED) is 0.726. The van der Waals surface area contributed by atoms with Crippen molar-refractivity contribution in [1.82, 2.24) is 5.32 Å². The molecule has 6 heteroatoms. The van der Waals surface area contributed by atoms with Crippen LogP contribution in [0, 0.1) is 0 Å². The second-order valence-corrected chi connectivity index (χ2v) is 6.12. The largest absolute Gasteiger partial charge is 0.480 e. The summed E-state index contributed by atoms with van der Waals surface area (Å²) in [6.07, 6.45) is 0. The van der Waals surface area contributed by atoms with Gasteiger partial charge in [-0.2, -0.15) is 0 Å². The maximum atomic E-state index is 11.4. The molecule has 0 bridgehead atoms. The van der Waals surface area contributed by atoms with Crippen LogP contribution in [0.4, 0.5) is 0 Å². The molecule has 0 spiro atoms. The Morgan fingerprint density at radius 1 is 1.44 bits per heavy atom. The predicted molar refractivity (Wildman–Crippen MR) is 63.7 cm³/mol. The lowest BCUT2D eigenvalue weighted by Crippen LogP contribution is -2.44. The molecule has 0 aliphatic rings. The molecule has 0 radical (unpaired) electrons. The van der Waals surface area contributed by atoms with Crippen LogP contribution in [0.2, 0.25) is 0 Å². The highest BCUT2D eigenvalue weighted by atomic mass is 32.2. The lowest BCUT2D eigenvalue weighted by molar-refractivity contribution is -0.142. The number of hydrogen-bond donors (Lipinski definition) is 2. The zero-order valence-corrected chi connectivity index (χ0v) is 10.9. The Labute approximate surface area is 99.9 Å². The number of rotatable bonds is 6. The van der Waals surface area contributed by atoms with Gasteiger partial charge in [-0.05, 0) is 0 Å². The van der Waals surface area contributed by atoms with Gasteiger partial charge in [0.05, 0.1) is 12.4 Å². The summed E-state index contributed by atoms with van der Waals surface area (Å²) in [5.74, 6) is -1.13. The maximum Gasteiger partial charge on any atom is 0.328 e. The summed E-state index contributed by atoms with van der Waals surface area (Å²) in [5, 5.41) is 11.2. The fourth-order valence-corrected chi connectivity index (χ4v) is 1.51. The summed E-state index contributed by atoms with van der Waals surface area (Å²) in [6.45, 7) is 5.96. The van der Waals surface area contributed by atoms with E-state index in [1.54, 1.807) is 0 Å². The first-order chi connectivity index (χ1) is 7.26. The maximum absolute atomic E-state index is 11.4. The molecule has 0 saturated carbocycles. The lowest BCUT2D eigenvalue weighted by Gasteiger charge is -2.18. The Bertz CT molecular complexity index is 250. The highest BCUT2D eigenvalue weighted by Crippen LogP contribution is 2.22. The minimum atomic E-state index is -1.09. The van der Waals surface area contributed by atoms with Crippen LogP contribution in [0.5, 0.6) is 0 Å². The van der Waals surface area contributed by atoms with Gasteiger partial charge in [0.15, 0.2) is 6.04 Å². The Morgan fingerprint density at radius 2 is 2.00 bits per heavy atom. The molecule has 2 N–H and O–H groups in total. The first-order valence-electron chi connectivity index (χ1n) is 4.91.